The minimum atomic E-state index is -0.115. The Labute approximate surface area is 133 Å². The molecule has 2 aromatic rings. The average Bonchev–Trinajstić information content (AvgIpc) is 2.45. The van der Waals surface area contributed by atoms with Gasteiger partial charge in [0.05, 0.1) is 19.7 Å². The fourth-order valence-corrected chi connectivity index (χ4v) is 2.46. The van der Waals surface area contributed by atoms with E-state index in [0.717, 1.165) is 16.6 Å². The van der Waals surface area contributed by atoms with E-state index in [0.29, 0.717) is 12.1 Å². The molecule has 0 bridgehead atoms. The first-order chi connectivity index (χ1) is 10.1. The molecule has 0 aliphatic heterocycles. The van der Waals surface area contributed by atoms with Crippen molar-refractivity contribution in [3.63, 3.8) is 0 Å². The molecule has 1 aromatic heterocycles. The summed E-state index contributed by atoms with van der Waals surface area (Å²) in [6.07, 6.45) is 3.22. The predicted molar refractivity (Wildman–Crippen MR) is 86.1 cm³/mol. The van der Waals surface area contributed by atoms with Crippen molar-refractivity contribution in [2.24, 2.45) is 0 Å². The molecule has 0 fully saturated rings. The number of hydrogen-bond acceptors (Lipinski definition) is 2. The molecule has 1 amide bonds. The number of nitrogens with one attached hydrogen (secondary N) is 2. The van der Waals surface area contributed by atoms with Crippen LogP contribution in [-0.4, -0.2) is 25.0 Å². The SMILES string of the molecule is C[NH+](C)Cc1ccccc1CNC(=O)c1cncc(Br)c1. The lowest BCUT2D eigenvalue weighted by atomic mass is 10.1. The number of nitrogens with zero attached hydrogens (tertiary/aromatic N) is 1. The Kier molecular flexibility index (Phi) is 5.47. The molecule has 110 valence electrons. The molecule has 1 heterocycles. The summed E-state index contributed by atoms with van der Waals surface area (Å²) >= 11 is 3.32. The van der Waals surface area contributed by atoms with E-state index in [2.05, 4.69) is 52.5 Å². The summed E-state index contributed by atoms with van der Waals surface area (Å²) in [5, 5.41) is 2.95. The second-order valence-corrected chi connectivity index (χ2v) is 6.14. The largest absolute Gasteiger partial charge is 0.348 e. The lowest BCUT2D eigenvalue weighted by Gasteiger charge is -2.13. The van der Waals surface area contributed by atoms with Crippen LogP contribution in [0.25, 0.3) is 0 Å². The van der Waals surface area contributed by atoms with E-state index in [1.807, 2.05) is 12.1 Å². The maximum atomic E-state index is 12.1. The second-order valence-electron chi connectivity index (χ2n) is 5.23. The smallest absolute Gasteiger partial charge is 0.253 e. The van der Waals surface area contributed by atoms with Gasteiger partial charge in [-0.2, -0.15) is 0 Å². The molecule has 1 aromatic carbocycles. The average molecular weight is 349 g/mol. The Balaban J connectivity index is 2.04. The van der Waals surface area contributed by atoms with Gasteiger partial charge in [0.2, 0.25) is 0 Å². The number of amides is 1. The van der Waals surface area contributed by atoms with Crippen LogP contribution < -0.4 is 10.2 Å². The molecule has 0 saturated carbocycles. The highest BCUT2D eigenvalue weighted by Gasteiger charge is 2.09. The Morgan fingerprint density at radius 2 is 1.95 bits per heavy atom. The van der Waals surface area contributed by atoms with Gasteiger partial charge in [0.1, 0.15) is 6.54 Å². The van der Waals surface area contributed by atoms with Gasteiger partial charge in [-0.15, -0.1) is 0 Å². The lowest BCUT2D eigenvalue weighted by Crippen LogP contribution is -3.04. The van der Waals surface area contributed by atoms with Gasteiger partial charge in [-0.3, -0.25) is 9.78 Å². The Bertz CT molecular complexity index is 628. The molecule has 0 spiro atoms. The quantitative estimate of drug-likeness (QED) is 0.858. The van der Waals surface area contributed by atoms with Crippen LogP contribution in [0.4, 0.5) is 0 Å². The second kappa shape index (κ2) is 7.33. The van der Waals surface area contributed by atoms with Gasteiger partial charge in [-0.25, -0.2) is 0 Å². The van der Waals surface area contributed by atoms with Gasteiger partial charge in [0.15, 0.2) is 0 Å². The van der Waals surface area contributed by atoms with Gasteiger partial charge >= 0.3 is 0 Å². The molecule has 2 rings (SSSR count). The molecule has 0 unspecified atom stereocenters. The first-order valence-corrected chi connectivity index (χ1v) is 7.60. The maximum absolute atomic E-state index is 12.1. The zero-order valence-electron chi connectivity index (χ0n) is 12.2. The topological polar surface area (TPSA) is 46.4 Å². The molecule has 21 heavy (non-hydrogen) atoms. The number of pyridine rings is 1. The van der Waals surface area contributed by atoms with Crippen LogP contribution in [0.3, 0.4) is 0 Å². The van der Waals surface area contributed by atoms with Crippen molar-refractivity contribution in [1.29, 1.82) is 0 Å². The summed E-state index contributed by atoms with van der Waals surface area (Å²) in [7, 11) is 4.23. The van der Waals surface area contributed by atoms with Crippen molar-refractivity contribution < 1.29 is 9.69 Å². The van der Waals surface area contributed by atoms with E-state index in [9.17, 15) is 4.79 Å². The van der Waals surface area contributed by atoms with E-state index >= 15 is 0 Å². The number of rotatable bonds is 5. The van der Waals surface area contributed by atoms with Gasteiger partial charge in [-0.05, 0) is 27.6 Å². The Morgan fingerprint density at radius 1 is 1.24 bits per heavy atom. The standard InChI is InChI=1S/C16H18BrN3O/c1-20(2)11-13-6-4-3-5-12(13)9-19-16(21)14-7-15(17)10-18-8-14/h3-8,10H,9,11H2,1-2H3,(H,19,21)/p+1. The van der Waals surface area contributed by atoms with Crippen molar-refractivity contribution in [3.8, 4) is 0 Å². The van der Waals surface area contributed by atoms with Crippen LogP contribution in [0.1, 0.15) is 21.5 Å². The van der Waals surface area contributed by atoms with Crippen molar-refractivity contribution in [2.45, 2.75) is 13.1 Å². The zero-order valence-corrected chi connectivity index (χ0v) is 13.8. The first-order valence-electron chi connectivity index (χ1n) is 6.81. The van der Waals surface area contributed by atoms with Crippen LogP contribution in [0.2, 0.25) is 0 Å². The van der Waals surface area contributed by atoms with Crippen molar-refractivity contribution in [3.05, 3.63) is 63.9 Å². The van der Waals surface area contributed by atoms with Crippen LogP contribution in [0.5, 0.6) is 0 Å². The zero-order chi connectivity index (χ0) is 15.2. The molecule has 0 atom stereocenters. The lowest BCUT2D eigenvalue weighted by molar-refractivity contribution is -0.872. The third kappa shape index (κ3) is 4.65. The number of quaternary nitrogens is 1. The molecule has 0 aliphatic rings. The third-order valence-corrected chi connectivity index (χ3v) is 3.50. The normalized spacial score (nSPS) is 10.7. The summed E-state index contributed by atoms with van der Waals surface area (Å²) < 4.78 is 0.798. The van der Waals surface area contributed by atoms with E-state index in [1.54, 1.807) is 18.5 Å². The number of aromatic nitrogens is 1. The molecular formula is C16H19BrN3O+. The summed E-state index contributed by atoms with van der Waals surface area (Å²) in [5.74, 6) is -0.115. The summed E-state index contributed by atoms with van der Waals surface area (Å²) in [4.78, 5) is 17.5. The number of halogens is 1. The number of carbonyl (C=O) groups excluding carboxylic acids is 1. The molecule has 4 nitrogen and oxygen atoms in total. The summed E-state index contributed by atoms with van der Waals surface area (Å²) in [6.45, 7) is 1.46. The van der Waals surface area contributed by atoms with Crippen molar-refractivity contribution in [2.75, 3.05) is 14.1 Å². The van der Waals surface area contributed by atoms with E-state index < -0.39 is 0 Å². The fraction of sp³-hybridized carbons (Fsp3) is 0.250. The van der Waals surface area contributed by atoms with Crippen molar-refractivity contribution in [1.82, 2.24) is 10.3 Å². The van der Waals surface area contributed by atoms with E-state index in [-0.39, 0.29) is 5.91 Å². The minimum Gasteiger partial charge on any atom is -0.348 e. The van der Waals surface area contributed by atoms with Crippen LogP contribution in [0.15, 0.2) is 47.2 Å². The fourth-order valence-electron chi connectivity index (χ4n) is 2.10. The van der Waals surface area contributed by atoms with Gasteiger partial charge in [0, 0.05) is 29.0 Å². The van der Waals surface area contributed by atoms with Crippen molar-refractivity contribution >= 4 is 21.8 Å². The minimum absolute atomic E-state index is 0.115. The van der Waals surface area contributed by atoms with Crippen LogP contribution in [-0.2, 0) is 13.1 Å². The highest BCUT2D eigenvalue weighted by molar-refractivity contribution is 9.10. The molecule has 0 aliphatic carbocycles. The van der Waals surface area contributed by atoms with E-state index in [4.69, 9.17) is 0 Å². The Hall–Kier alpha value is -1.72. The molecule has 0 saturated heterocycles. The number of benzene rings is 1. The summed E-state index contributed by atoms with van der Waals surface area (Å²) in [5.41, 5.74) is 2.96. The monoisotopic (exact) mass is 348 g/mol. The number of hydrogen-bond donors (Lipinski definition) is 2. The maximum Gasteiger partial charge on any atom is 0.253 e. The first kappa shape index (κ1) is 15.7. The highest BCUT2D eigenvalue weighted by atomic mass is 79.9. The molecule has 2 N–H and O–H groups in total. The number of carbonyl (C=O) groups is 1. The molecule has 5 heteroatoms. The highest BCUT2D eigenvalue weighted by Crippen LogP contribution is 2.11. The van der Waals surface area contributed by atoms with Gasteiger partial charge in [-0.1, -0.05) is 24.3 Å². The molecule has 0 radical (unpaired) electrons. The summed E-state index contributed by atoms with van der Waals surface area (Å²) in [6, 6.07) is 9.95. The van der Waals surface area contributed by atoms with Crippen LogP contribution in [0, 0.1) is 0 Å². The predicted octanol–water partition coefficient (Wildman–Crippen LogP) is 1.42. The van der Waals surface area contributed by atoms with E-state index in [1.165, 1.54) is 10.5 Å². The molecular weight excluding hydrogens is 330 g/mol. The van der Waals surface area contributed by atoms with Gasteiger partial charge < -0.3 is 10.2 Å². The third-order valence-electron chi connectivity index (χ3n) is 3.07. The van der Waals surface area contributed by atoms with Gasteiger partial charge in [0.25, 0.3) is 5.91 Å². The Morgan fingerprint density at radius 3 is 2.62 bits per heavy atom. The van der Waals surface area contributed by atoms with Crippen LogP contribution >= 0.6 is 15.9 Å².